The van der Waals surface area contributed by atoms with Gasteiger partial charge in [-0.1, -0.05) is 6.08 Å². The van der Waals surface area contributed by atoms with Gasteiger partial charge in [0.15, 0.2) is 0 Å². The van der Waals surface area contributed by atoms with Crippen molar-refractivity contribution < 1.29 is 0 Å². The number of rotatable bonds is 2. The van der Waals surface area contributed by atoms with Gasteiger partial charge in [0.25, 0.3) is 0 Å². The lowest BCUT2D eigenvalue weighted by Gasteiger charge is -2.12. The molecule has 0 bridgehead atoms. The fourth-order valence-corrected chi connectivity index (χ4v) is 1.23. The van der Waals surface area contributed by atoms with Gasteiger partial charge in [-0.25, -0.2) is 0 Å². The Morgan fingerprint density at radius 2 is 2.44 bits per heavy atom. The third-order valence-corrected chi connectivity index (χ3v) is 1.69. The van der Waals surface area contributed by atoms with Gasteiger partial charge in [-0.15, -0.1) is 0 Å². The highest BCUT2D eigenvalue weighted by atomic mass is 14.9. The van der Waals surface area contributed by atoms with E-state index in [1.807, 2.05) is 0 Å². The summed E-state index contributed by atoms with van der Waals surface area (Å²) in [5.74, 6) is 0. The predicted molar refractivity (Wildman–Crippen MR) is 40.2 cm³/mol. The van der Waals surface area contributed by atoms with Gasteiger partial charge in [-0.3, -0.25) is 0 Å². The highest BCUT2D eigenvalue weighted by Gasteiger charge is 1.99. The van der Waals surface area contributed by atoms with Gasteiger partial charge >= 0.3 is 0 Å². The molecule has 0 spiro atoms. The van der Waals surface area contributed by atoms with Crippen molar-refractivity contribution in [2.45, 2.75) is 32.6 Å². The van der Waals surface area contributed by atoms with Gasteiger partial charge in [0.05, 0.1) is 0 Å². The second-order valence-corrected chi connectivity index (χ2v) is 2.51. The number of hydrogen-bond donors (Lipinski definition) is 1. The molecular formula is C8H15N. The molecule has 0 unspecified atom stereocenters. The second kappa shape index (κ2) is 3.54. The minimum Gasteiger partial charge on any atom is -0.389 e. The number of nitrogens with one attached hydrogen (secondary N) is 1. The van der Waals surface area contributed by atoms with Gasteiger partial charge in [-0.05, 0) is 32.6 Å². The molecule has 52 valence electrons. The summed E-state index contributed by atoms with van der Waals surface area (Å²) in [6.45, 7) is 3.22. The maximum Gasteiger partial charge on any atom is 0.0115 e. The van der Waals surface area contributed by atoms with E-state index in [9.17, 15) is 0 Å². The average Bonchev–Trinajstić information content (AvgIpc) is 1.91. The standard InChI is InChI=1S/C8H15N/c1-2-9-8-6-4-3-5-7-8/h6,9H,2-5,7H2,1H3. The largest absolute Gasteiger partial charge is 0.389 e. The van der Waals surface area contributed by atoms with Crippen LogP contribution in [-0.2, 0) is 0 Å². The van der Waals surface area contributed by atoms with E-state index in [1.165, 1.54) is 31.4 Å². The summed E-state index contributed by atoms with van der Waals surface area (Å²) in [4.78, 5) is 0. The lowest BCUT2D eigenvalue weighted by Crippen LogP contribution is -2.13. The van der Waals surface area contributed by atoms with Crippen LogP contribution in [0.5, 0.6) is 0 Å². The minimum absolute atomic E-state index is 1.08. The van der Waals surface area contributed by atoms with E-state index in [0.717, 1.165) is 6.54 Å². The maximum atomic E-state index is 3.35. The molecule has 1 heteroatoms. The first-order valence-corrected chi connectivity index (χ1v) is 3.86. The summed E-state index contributed by atoms with van der Waals surface area (Å²) in [6.07, 6.45) is 7.64. The van der Waals surface area contributed by atoms with Crippen LogP contribution in [-0.4, -0.2) is 6.54 Å². The third kappa shape index (κ3) is 2.08. The quantitative estimate of drug-likeness (QED) is 0.595. The Labute approximate surface area is 57.1 Å². The van der Waals surface area contributed by atoms with Crippen molar-refractivity contribution >= 4 is 0 Å². The molecule has 0 radical (unpaired) electrons. The third-order valence-electron chi connectivity index (χ3n) is 1.69. The van der Waals surface area contributed by atoms with Crippen molar-refractivity contribution in [1.29, 1.82) is 0 Å². The smallest absolute Gasteiger partial charge is 0.0115 e. The SMILES string of the molecule is CCNC1=CCCCC1. The van der Waals surface area contributed by atoms with E-state index in [1.54, 1.807) is 0 Å². The van der Waals surface area contributed by atoms with Gasteiger partial charge in [0.2, 0.25) is 0 Å². The molecule has 1 N–H and O–H groups in total. The summed E-state index contributed by atoms with van der Waals surface area (Å²) in [7, 11) is 0. The Hall–Kier alpha value is -0.460. The molecule has 9 heavy (non-hydrogen) atoms. The van der Waals surface area contributed by atoms with Crippen molar-refractivity contribution in [3.8, 4) is 0 Å². The van der Waals surface area contributed by atoms with Crippen LogP contribution in [0.1, 0.15) is 32.6 Å². The summed E-state index contributed by atoms with van der Waals surface area (Å²) >= 11 is 0. The lowest BCUT2D eigenvalue weighted by molar-refractivity contribution is 0.649. The number of hydrogen-bond acceptors (Lipinski definition) is 1. The van der Waals surface area contributed by atoms with Crippen molar-refractivity contribution in [2.24, 2.45) is 0 Å². The van der Waals surface area contributed by atoms with Gasteiger partial charge in [-0.2, -0.15) is 0 Å². The van der Waals surface area contributed by atoms with Crippen molar-refractivity contribution in [3.63, 3.8) is 0 Å². The van der Waals surface area contributed by atoms with Crippen LogP contribution in [0.2, 0.25) is 0 Å². The monoisotopic (exact) mass is 125 g/mol. The first-order chi connectivity index (χ1) is 4.43. The van der Waals surface area contributed by atoms with Crippen molar-refractivity contribution in [2.75, 3.05) is 6.54 Å². The van der Waals surface area contributed by atoms with E-state index in [4.69, 9.17) is 0 Å². The molecule has 0 aromatic rings. The molecular weight excluding hydrogens is 110 g/mol. The normalized spacial score (nSPS) is 19.0. The number of allylic oxidation sites excluding steroid dienone is 2. The first-order valence-electron chi connectivity index (χ1n) is 3.86. The molecule has 0 saturated heterocycles. The molecule has 0 saturated carbocycles. The summed E-state index contributed by atoms with van der Waals surface area (Å²) in [5.41, 5.74) is 1.46. The molecule has 1 aliphatic rings. The van der Waals surface area contributed by atoms with Gasteiger partial charge < -0.3 is 5.32 Å². The first kappa shape index (κ1) is 6.66. The van der Waals surface area contributed by atoms with Crippen molar-refractivity contribution in [3.05, 3.63) is 11.8 Å². The zero-order chi connectivity index (χ0) is 6.53. The molecule has 0 atom stereocenters. The topological polar surface area (TPSA) is 12.0 Å². The summed E-state index contributed by atoms with van der Waals surface area (Å²) < 4.78 is 0. The molecule has 1 rings (SSSR count). The minimum atomic E-state index is 1.08. The fraction of sp³-hybridized carbons (Fsp3) is 0.750. The molecule has 0 heterocycles. The Morgan fingerprint density at radius 1 is 1.56 bits per heavy atom. The molecule has 1 nitrogen and oxygen atoms in total. The zero-order valence-electron chi connectivity index (χ0n) is 6.11. The maximum absolute atomic E-state index is 3.35. The highest BCUT2D eigenvalue weighted by molar-refractivity contribution is 5.01. The average molecular weight is 125 g/mol. The van der Waals surface area contributed by atoms with E-state index >= 15 is 0 Å². The summed E-state index contributed by atoms with van der Waals surface area (Å²) in [5, 5.41) is 3.35. The van der Waals surface area contributed by atoms with Crippen LogP contribution in [0.3, 0.4) is 0 Å². The van der Waals surface area contributed by atoms with E-state index in [2.05, 4.69) is 18.3 Å². The Morgan fingerprint density at radius 3 is 3.00 bits per heavy atom. The Balaban J connectivity index is 2.28. The second-order valence-electron chi connectivity index (χ2n) is 2.51. The Bertz CT molecular complexity index is 105. The van der Waals surface area contributed by atoms with Crippen LogP contribution in [0.4, 0.5) is 0 Å². The highest BCUT2D eigenvalue weighted by Crippen LogP contribution is 2.14. The van der Waals surface area contributed by atoms with Crippen molar-refractivity contribution in [1.82, 2.24) is 5.32 Å². The van der Waals surface area contributed by atoms with E-state index in [0.29, 0.717) is 0 Å². The van der Waals surface area contributed by atoms with Gasteiger partial charge in [0.1, 0.15) is 0 Å². The predicted octanol–water partition coefficient (Wildman–Crippen LogP) is 2.05. The lowest BCUT2D eigenvalue weighted by atomic mass is 10.1. The van der Waals surface area contributed by atoms with Crippen LogP contribution < -0.4 is 5.32 Å². The molecule has 0 fully saturated rings. The van der Waals surface area contributed by atoms with Gasteiger partial charge in [0, 0.05) is 12.2 Å². The summed E-state index contributed by atoms with van der Waals surface area (Å²) in [6, 6.07) is 0. The van der Waals surface area contributed by atoms with Crippen LogP contribution >= 0.6 is 0 Å². The van der Waals surface area contributed by atoms with E-state index in [-0.39, 0.29) is 0 Å². The molecule has 0 aromatic heterocycles. The molecule has 0 aromatic carbocycles. The van der Waals surface area contributed by atoms with E-state index < -0.39 is 0 Å². The van der Waals surface area contributed by atoms with Crippen LogP contribution in [0, 0.1) is 0 Å². The Kier molecular flexibility index (Phi) is 2.62. The van der Waals surface area contributed by atoms with Crippen LogP contribution in [0.25, 0.3) is 0 Å². The zero-order valence-corrected chi connectivity index (χ0v) is 6.11. The van der Waals surface area contributed by atoms with Crippen LogP contribution in [0.15, 0.2) is 11.8 Å². The fourth-order valence-electron chi connectivity index (χ4n) is 1.23. The molecule has 0 aliphatic heterocycles. The molecule has 0 amide bonds. The molecule has 1 aliphatic carbocycles.